The monoisotopic (exact) mass is 520 g/mol. The molecule has 6 heteroatoms. The van der Waals surface area contributed by atoms with E-state index in [1.54, 1.807) is 18.2 Å². The fraction of sp³-hybridized carbons (Fsp3) is 0.286. The van der Waals surface area contributed by atoms with Crippen molar-refractivity contribution < 1.29 is 14.3 Å². The second-order valence-electron chi connectivity index (χ2n) is 8.58. The Hall–Kier alpha value is -3.12. The summed E-state index contributed by atoms with van der Waals surface area (Å²) in [6, 6.07) is 22.8. The van der Waals surface area contributed by atoms with Gasteiger partial charge in [-0.3, -0.25) is 9.59 Å². The van der Waals surface area contributed by atoms with E-state index in [-0.39, 0.29) is 17.7 Å². The van der Waals surface area contributed by atoms with Crippen molar-refractivity contribution in [3.63, 3.8) is 0 Å². The van der Waals surface area contributed by atoms with Crippen molar-refractivity contribution in [3.05, 3.63) is 88.4 Å². The first-order valence-electron chi connectivity index (χ1n) is 11.8. The van der Waals surface area contributed by atoms with Crippen molar-refractivity contribution in [1.82, 2.24) is 0 Å². The first kappa shape index (κ1) is 24.0. The molecule has 1 aliphatic rings. The summed E-state index contributed by atoms with van der Waals surface area (Å²) < 4.78 is 6.75. The van der Waals surface area contributed by atoms with Crippen LogP contribution in [-0.4, -0.2) is 18.4 Å². The van der Waals surface area contributed by atoms with Crippen molar-refractivity contribution in [1.29, 1.82) is 0 Å². The van der Waals surface area contributed by atoms with Crippen LogP contribution in [0.5, 0.6) is 5.75 Å². The van der Waals surface area contributed by atoms with Crippen molar-refractivity contribution in [2.24, 2.45) is 5.92 Å². The van der Waals surface area contributed by atoms with Crippen LogP contribution in [0.1, 0.15) is 48.0 Å². The predicted octanol–water partition coefficient (Wildman–Crippen LogP) is 6.84. The van der Waals surface area contributed by atoms with E-state index in [1.807, 2.05) is 42.5 Å². The molecule has 0 spiro atoms. The molecule has 5 nitrogen and oxygen atoms in total. The van der Waals surface area contributed by atoms with E-state index >= 15 is 0 Å². The number of benzene rings is 3. The molecule has 0 unspecified atom stereocenters. The number of amides is 2. The third-order valence-electron chi connectivity index (χ3n) is 6.04. The molecule has 0 saturated heterocycles. The molecule has 3 aromatic carbocycles. The van der Waals surface area contributed by atoms with Gasteiger partial charge in [-0.2, -0.15) is 0 Å². The first-order chi connectivity index (χ1) is 16.6. The van der Waals surface area contributed by atoms with Gasteiger partial charge in [0.2, 0.25) is 5.91 Å². The fourth-order valence-corrected chi connectivity index (χ4v) is 4.57. The average molecular weight is 521 g/mol. The van der Waals surface area contributed by atoms with Gasteiger partial charge in [-0.05, 0) is 54.8 Å². The molecule has 0 aliphatic heterocycles. The summed E-state index contributed by atoms with van der Waals surface area (Å²) in [6.07, 6.45) is 6.06. The van der Waals surface area contributed by atoms with Crippen molar-refractivity contribution in [2.75, 3.05) is 17.2 Å². The molecule has 1 aliphatic carbocycles. The third-order valence-corrected chi connectivity index (χ3v) is 6.53. The summed E-state index contributed by atoms with van der Waals surface area (Å²) in [5.41, 5.74) is 2.92. The van der Waals surface area contributed by atoms with Gasteiger partial charge in [0.1, 0.15) is 5.75 Å². The minimum Gasteiger partial charge on any atom is -0.492 e. The number of carbonyl (C=O) groups is 2. The van der Waals surface area contributed by atoms with Crippen molar-refractivity contribution in [2.45, 2.75) is 38.5 Å². The lowest BCUT2D eigenvalue weighted by molar-refractivity contribution is -0.120. The van der Waals surface area contributed by atoms with Crippen molar-refractivity contribution in [3.8, 4) is 5.75 Å². The topological polar surface area (TPSA) is 67.4 Å². The molecule has 0 bridgehead atoms. The van der Waals surface area contributed by atoms with E-state index in [1.165, 1.54) is 12.0 Å². The zero-order chi connectivity index (χ0) is 23.8. The molecule has 3 aromatic rings. The van der Waals surface area contributed by atoms with Gasteiger partial charge in [0.15, 0.2) is 0 Å². The molecule has 2 N–H and O–H groups in total. The van der Waals surface area contributed by atoms with E-state index in [9.17, 15) is 9.59 Å². The minimum atomic E-state index is -0.272. The van der Waals surface area contributed by atoms with E-state index in [0.29, 0.717) is 29.3 Å². The number of anilines is 2. The van der Waals surface area contributed by atoms with Gasteiger partial charge in [0, 0.05) is 28.2 Å². The van der Waals surface area contributed by atoms with Gasteiger partial charge in [-0.25, -0.2) is 0 Å². The Morgan fingerprint density at radius 2 is 1.59 bits per heavy atom. The number of rotatable bonds is 8. The van der Waals surface area contributed by atoms with Crippen LogP contribution in [0.3, 0.4) is 0 Å². The molecular formula is C28H29BrN2O3. The summed E-state index contributed by atoms with van der Waals surface area (Å²) in [6.45, 7) is 0.467. The van der Waals surface area contributed by atoms with Gasteiger partial charge in [-0.1, -0.05) is 71.6 Å². The lowest BCUT2D eigenvalue weighted by Gasteiger charge is -2.21. The maximum Gasteiger partial charge on any atom is 0.259 e. The molecule has 0 atom stereocenters. The Morgan fingerprint density at radius 1 is 0.853 bits per heavy atom. The SMILES string of the molecule is O=C(Nc1cccc(NC(=O)C2CCCCC2)c1)c1cc(Br)ccc1OCCc1ccccc1. The van der Waals surface area contributed by atoms with E-state index in [2.05, 4.69) is 38.7 Å². The molecular weight excluding hydrogens is 492 g/mol. The second-order valence-corrected chi connectivity index (χ2v) is 9.50. The number of hydrogen-bond acceptors (Lipinski definition) is 3. The fourth-order valence-electron chi connectivity index (χ4n) is 4.21. The largest absolute Gasteiger partial charge is 0.492 e. The van der Waals surface area contributed by atoms with Crippen LogP contribution in [0.2, 0.25) is 0 Å². The molecule has 0 heterocycles. The predicted molar refractivity (Wildman–Crippen MR) is 139 cm³/mol. The molecule has 176 valence electrons. The highest BCUT2D eigenvalue weighted by molar-refractivity contribution is 9.10. The van der Waals surface area contributed by atoms with Crippen LogP contribution in [0, 0.1) is 5.92 Å². The van der Waals surface area contributed by atoms with Crippen LogP contribution in [0.4, 0.5) is 11.4 Å². The molecule has 1 fully saturated rings. The maximum atomic E-state index is 13.1. The summed E-state index contributed by atoms with van der Waals surface area (Å²) >= 11 is 3.45. The second kappa shape index (κ2) is 11.8. The zero-order valence-corrected chi connectivity index (χ0v) is 20.6. The summed E-state index contributed by atoms with van der Waals surface area (Å²) in [4.78, 5) is 25.7. The Balaban J connectivity index is 1.40. The zero-order valence-electron chi connectivity index (χ0n) is 19.1. The summed E-state index contributed by atoms with van der Waals surface area (Å²) in [5, 5.41) is 5.94. The number of ether oxygens (including phenoxy) is 1. The molecule has 34 heavy (non-hydrogen) atoms. The highest BCUT2D eigenvalue weighted by atomic mass is 79.9. The summed E-state index contributed by atoms with van der Waals surface area (Å²) in [7, 11) is 0. The van der Waals surface area contributed by atoms with E-state index in [0.717, 1.165) is 36.6 Å². The number of hydrogen-bond donors (Lipinski definition) is 2. The summed E-state index contributed by atoms with van der Waals surface area (Å²) in [5.74, 6) is 0.388. The molecule has 4 rings (SSSR count). The highest BCUT2D eigenvalue weighted by Crippen LogP contribution is 2.27. The molecule has 0 aromatic heterocycles. The standard InChI is InChI=1S/C28H29BrN2O3/c29-22-14-15-26(34-17-16-20-8-3-1-4-9-20)25(18-22)28(33)31-24-13-7-12-23(19-24)30-27(32)21-10-5-2-6-11-21/h1,3-4,7-9,12-15,18-19,21H,2,5-6,10-11,16-17H2,(H,30,32)(H,31,33). The number of nitrogens with one attached hydrogen (secondary N) is 2. The van der Waals surface area contributed by atoms with Gasteiger partial charge in [0.25, 0.3) is 5.91 Å². The first-order valence-corrected chi connectivity index (χ1v) is 12.6. The van der Waals surface area contributed by atoms with Crippen LogP contribution in [0.25, 0.3) is 0 Å². The third kappa shape index (κ3) is 6.70. The minimum absolute atomic E-state index is 0.0595. The quantitative estimate of drug-likeness (QED) is 0.341. The van der Waals surface area contributed by atoms with Crippen LogP contribution < -0.4 is 15.4 Å². The lowest BCUT2D eigenvalue weighted by Crippen LogP contribution is -2.24. The highest BCUT2D eigenvalue weighted by Gasteiger charge is 2.21. The molecule has 2 amide bonds. The van der Waals surface area contributed by atoms with Crippen LogP contribution in [-0.2, 0) is 11.2 Å². The van der Waals surface area contributed by atoms with Gasteiger partial charge < -0.3 is 15.4 Å². The van der Waals surface area contributed by atoms with Gasteiger partial charge >= 0.3 is 0 Å². The Morgan fingerprint density at radius 3 is 2.35 bits per heavy atom. The van der Waals surface area contributed by atoms with Crippen LogP contribution >= 0.6 is 15.9 Å². The molecule has 0 radical (unpaired) electrons. The van der Waals surface area contributed by atoms with Gasteiger partial charge in [0.05, 0.1) is 12.2 Å². The Labute approximate surface area is 209 Å². The Kier molecular flexibility index (Phi) is 8.36. The van der Waals surface area contributed by atoms with Crippen molar-refractivity contribution >= 4 is 39.1 Å². The number of halogens is 1. The van der Waals surface area contributed by atoms with Crippen LogP contribution in [0.15, 0.2) is 77.3 Å². The van der Waals surface area contributed by atoms with E-state index < -0.39 is 0 Å². The van der Waals surface area contributed by atoms with Gasteiger partial charge in [-0.15, -0.1) is 0 Å². The average Bonchev–Trinajstić information content (AvgIpc) is 2.86. The number of carbonyl (C=O) groups excluding carboxylic acids is 2. The smallest absolute Gasteiger partial charge is 0.259 e. The lowest BCUT2D eigenvalue weighted by atomic mass is 9.88. The maximum absolute atomic E-state index is 13.1. The normalized spacial score (nSPS) is 13.8. The van der Waals surface area contributed by atoms with E-state index in [4.69, 9.17) is 4.74 Å². The Bertz CT molecular complexity index is 1130. The molecule has 1 saturated carbocycles.